The van der Waals surface area contributed by atoms with E-state index in [0.29, 0.717) is 23.7 Å². The molecule has 0 saturated carbocycles. The Morgan fingerprint density at radius 3 is 2.70 bits per heavy atom. The standard InChI is InChI=1S/C15H16ClNO3/c16-13-3-5-14(6-4-13)20-9-2-1-8-17-15(18)12-7-10-19-11-12/h3-7,10-11H,1-2,8-9H2,(H,17,18). The van der Waals surface area contributed by atoms with Crippen molar-refractivity contribution < 1.29 is 13.9 Å². The number of carbonyl (C=O) groups excluding carboxylic acids is 1. The van der Waals surface area contributed by atoms with E-state index in [4.69, 9.17) is 20.8 Å². The van der Waals surface area contributed by atoms with Crippen molar-refractivity contribution in [1.29, 1.82) is 0 Å². The van der Waals surface area contributed by atoms with Gasteiger partial charge in [-0.3, -0.25) is 4.79 Å². The maximum absolute atomic E-state index is 11.6. The minimum atomic E-state index is -0.114. The molecule has 5 heteroatoms. The van der Waals surface area contributed by atoms with E-state index in [0.717, 1.165) is 18.6 Å². The first-order valence-electron chi connectivity index (χ1n) is 6.44. The highest BCUT2D eigenvalue weighted by molar-refractivity contribution is 6.30. The number of hydrogen-bond acceptors (Lipinski definition) is 3. The zero-order chi connectivity index (χ0) is 14.2. The normalized spacial score (nSPS) is 10.2. The second kappa shape index (κ2) is 7.60. The summed E-state index contributed by atoms with van der Waals surface area (Å²) in [6, 6.07) is 8.90. The molecule has 0 aliphatic heterocycles. The quantitative estimate of drug-likeness (QED) is 0.795. The van der Waals surface area contributed by atoms with Crippen LogP contribution in [0.3, 0.4) is 0 Å². The molecule has 1 aromatic heterocycles. The molecule has 0 spiro atoms. The number of amides is 1. The molecule has 106 valence electrons. The maximum atomic E-state index is 11.6. The lowest BCUT2D eigenvalue weighted by molar-refractivity contribution is 0.0951. The molecule has 0 saturated heterocycles. The van der Waals surface area contributed by atoms with E-state index in [1.54, 1.807) is 18.2 Å². The molecular weight excluding hydrogens is 278 g/mol. The van der Waals surface area contributed by atoms with E-state index in [9.17, 15) is 4.79 Å². The van der Waals surface area contributed by atoms with Gasteiger partial charge in [0.15, 0.2) is 0 Å². The zero-order valence-corrected chi connectivity index (χ0v) is 11.7. The van der Waals surface area contributed by atoms with Gasteiger partial charge in [-0.05, 0) is 43.2 Å². The number of hydrogen-bond donors (Lipinski definition) is 1. The third-order valence-corrected chi connectivity index (χ3v) is 2.97. The van der Waals surface area contributed by atoms with Crippen LogP contribution >= 0.6 is 11.6 Å². The molecule has 1 aromatic carbocycles. The van der Waals surface area contributed by atoms with Crippen LogP contribution in [-0.4, -0.2) is 19.1 Å². The molecule has 2 rings (SSSR count). The minimum absolute atomic E-state index is 0.114. The summed E-state index contributed by atoms with van der Waals surface area (Å²) >= 11 is 5.78. The van der Waals surface area contributed by atoms with Gasteiger partial charge < -0.3 is 14.5 Å². The van der Waals surface area contributed by atoms with Crippen LogP contribution in [0.1, 0.15) is 23.2 Å². The van der Waals surface area contributed by atoms with Gasteiger partial charge in [0, 0.05) is 11.6 Å². The largest absolute Gasteiger partial charge is 0.494 e. The first-order chi connectivity index (χ1) is 9.75. The molecule has 2 aromatic rings. The average Bonchev–Trinajstić information content (AvgIpc) is 2.98. The van der Waals surface area contributed by atoms with Crippen LogP contribution in [0.15, 0.2) is 47.3 Å². The molecular formula is C15H16ClNO3. The summed E-state index contributed by atoms with van der Waals surface area (Å²) in [5, 5.41) is 3.51. The van der Waals surface area contributed by atoms with Crippen molar-refractivity contribution in [2.24, 2.45) is 0 Å². The van der Waals surface area contributed by atoms with Crippen molar-refractivity contribution in [2.45, 2.75) is 12.8 Å². The van der Waals surface area contributed by atoms with Crippen molar-refractivity contribution in [1.82, 2.24) is 5.32 Å². The van der Waals surface area contributed by atoms with E-state index in [-0.39, 0.29) is 5.91 Å². The molecule has 1 amide bonds. The highest BCUT2D eigenvalue weighted by atomic mass is 35.5. The Kier molecular flexibility index (Phi) is 5.50. The molecule has 0 aliphatic carbocycles. The Balaban J connectivity index is 1.56. The number of halogens is 1. The second-order valence-electron chi connectivity index (χ2n) is 4.28. The van der Waals surface area contributed by atoms with Crippen molar-refractivity contribution in [3.63, 3.8) is 0 Å². The zero-order valence-electron chi connectivity index (χ0n) is 11.0. The molecule has 1 heterocycles. The minimum Gasteiger partial charge on any atom is -0.494 e. The fourth-order valence-corrected chi connectivity index (χ4v) is 1.77. The first-order valence-corrected chi connectivity index (χ1v) is 6.82. The Bertz CT molecular complexity index is 523. The van der Waals surface area contributed by atoms with Crippen LogP contribution in [0.5, 0.6) is 5.75 Å². The van der Waals surface area contributed by atoms with Gasteiger partial charge in [-0.2, -0.15) is 0 Å². The fraction of sp³-hybridized carbons (Fsp3) is 0.267. The molecule has 20 heavy (non-hydrogen) atoms. The summed E-state index contributed by atoms with van der Waals surface area (Å²) in [6.07, 6.45) is 4.64. The van der Waals surface area contributed by atoms with Crippen molar-refractivity contribution in [2.75, 3.05) is 13.2 Å². The molecule has 0 fully saturated rings. The van der Waals surface area contributed by atoms with Crippen LogP contribution in [0.4, 0.5) is 0 Å². The van der Waals surface area contributed by atoms with Gasteiger partial charge in [-0.15, -0.1) is 0 Å². The molecule has 0 unspecified atom stereocenters. The summed E-state index contributed by atoms with van der Waals surface area (Å²) in [5.74, 6) is 0.689. The smallest absolute Gasteiger partial charge is 0.254 e. The Hall–Kier alpha value is -1.94. The van der Waals surface area contributed by atoms with Gasteiger partial charge >= 0.3 is 0 Å². The Labute approximate surface area is 122 Å². The molecule has 0 aliphatic rings. The lowest BCUT2D eigenvalue weighted by Gasteiger charge is -2.06. The number of benzene rings is 1. The summed E-state index contributed by atoms with van der Waals surface area (Å²) < 4.78 is 10.4. The first kappa shape index (κ1) is 14.5. The van der Waals surface area contributed by atoms with E-state index in [1.807, 2.05) is 12.1 Å². The van der Waals surface area contributed by atoms with Gasteiger partial charge in [0.25, 0.3) is 5.91 Å². The van der Waals surface area contributed by atoms with Gasteiger partial charge in [0.05, 0.1) is 18.4 Å². The predicted molar refractivity (Wildman–Crippen MR) is 77.2 cm³/mol. The molecule has 1 N–H and O–H groups in total. The van der Waals surface area contributed by atoms with Crippen molar-refractivity contribution in [3.8, 4) is 5.75 Å². The summed E-state index contributed by atoms with van der Waals surface area (Å²) in [5.41, 5.74) is 0.544. The van der Waals surface area contributed by atoms with E-state index in [1.165, 1.54) is 12.5 Å². The molecule has 4 nitrogen and oxygen atoms in total. The van der Waals surface area contributed by atoms with Crippen LogP contribution in [0.25, 0.3) is 0 Å². The molecule has 0 radical (unpaired) electrons. The molecule has 0 bridgehead atoms. The van der Waals surface area contributed by atoms with Crippen LogP contribution < -0.4 is 10.1 Å². The average molecular weight is 294 g/mol. The Morgan fingerprint density at radius 1 is 1.20 bits per heavy atom. The van der Waals surface area contributed by atoms with Gasteiger partial charge in [-0.1, -0.05) is 11.6 Å². The van der Waals surface area contributed by atoms with Crippen LogP contribution in [-0.2, 0) is 0 Å². The third-order valence-electron chi connectivity index (χ3n) is 2.72. The topological polar surface area (TPSA) is 51.5 Å². The lowest BCUT2D eigenvalue weighted by atomic mass is 10.3. The Morgan fingerprint density at radius 2 is 2.00 bits per heavy atom. The van der Waals surface area contributed by atoms with Crippen molar-refractivity contribution in [3.05, 3.63) is 53.4 Å². The highest BCUT2D eigenvalue weighted by Gasteiger charge is 2.04. The van der Waals surface area contributed by atoms with E-state index < -0.39 is 0 Å². The summed E-state index contributed by atoms with van der Waals surface area (Å²) in [7, 11) is 0. The second-order valence-corrected chi connectivity index (χ2v) is 4.71. The number of rotatable bonds is 7. The summed E-state index contributed by atoms with van der Waals surface area (Å²) in [6.45, 7) is 1.23. The van der Waals surface area contributed by atoms with Crippen molar-refractivity contribution >= 4 is 17.5 Å². The summed E-state index contributed by atoms with van der Waals surface area (Å²) in [4.78, 5) is 11.6. The maximum Gasteiger partial charge on any atom is 0.254 e. The number of carbonyl (C=O) groups is 1. The van der Waals surface area contributed by atoms with Crippen LogP contribution in [0.2, 0.25) is 5.02 Å². The number of unbranched alkanes of at least 4 members (excludes halogenated alkanes) is 1. The SMILES string of the molecule is O=C(NCCCCOc1ccc(Cl)cc1)c1ccoc1. The molecule has 0 atom stereocenters. The number of ether oxygens (including phenoxy) is 1. The monoisotopic (exact) mass is 293 g/mol. The number of nitrogens with one attached hydrogen (secondary N) is 1. The van der Waals surface area contributed by atoms with Gasteiger partial charge in [0.2, 0.25) is 0 Å². The number of furan rings is 1. The van der Waals surface area contributed by atoms with Crippen LogP contribution in [0, 0.1) is 0 Å². The van der Waals surface area contributed by atoms with E-state index >= 15 is 0 Å². The fourth-order valence-electron chi connectivity index (χ4n) is 1.65. The van der Waals surface area contributed by atoms with Gasteiger partial charge in [-0.25, -0.2) is 0 Å². The third kappa shape index (κ3) is 4.63. The highest BCUT2D eigenvalue weighted by Crippen LogP contribution is 2.15. The predicted octanol–water partition coefficient (Wildman–Crippen LogP) is 3.52. The van der Waals surface area contributed by atoms with E-state index in [2.05, 4.69) is 5.32 Å². The van der Waals surface area contributed by atoms with Gasteiger partial charge in [0.1, 0.15) is 12.0 Å². The lowest BCUT2D eigenvalue weighted by Crippen LogP contribution is -2.24.